The molecule has 6 nitrogen and oxygen atoms in total. The number of anilines is 1. The number of benzene rings is 2. The molecule has 0 fully saturated rings. The summed E-state index contributed by atoms with van der Waals surface area (Å²) in [4.78, 5) is 23.7. The fraction of sp³-hybridized carbons (Fsp3) is 0.0556. The lowest BCUT2D eigenvalue weighted by atomic mass is 10.2. The Morgan fingerprint density at radius 2 is 1.96 bits per heavy atom. The topological polar surface area (TPSA) is 80.6 Å². The first-order chi connectivity index (χ1) is 12.5. The number of hydrogen-bond donors (Lipinski definition) is 2. The highest BCUT2D eigenvalue weighted by Crippen LogP contribution is 2.23. The number of methoxy groups -OCH3 is 1. The van der Waals surface area contributed by atoms with Crippen molar-refractivity contribution >= 4 is 55.8 Å². The van der Waals surface area contributed by atoms with Crippen LogP contribution in [0.4, 0.5) is 5.69 Å². The molecule has 0 radical (unpaired) electrons. The number of amides is 1. The second-order valence-corrected chi connectivity index (χ2v) is 6.58. The minimum atomic E-state index is -0.413. The van der Waals surface area contributed by atoms with Crippen LogP contribution < -0.4 is 21.0 Å². The van der Waals surface area contributed by atoms with Gasteiger partial charge in [-0.05, 0) is 54.7 Å². The van der Waals surface area contributed by atoms with Gasteiger partial charge in [0.05, 0.1) is 12.7 Å². The third-order valence-electron chi connectivity index (χ3n) is 3.51. The van der Waals surface area contributed by atoms with Crippen LogP contribution in [-0.2, 0) is 0 Å². The summed E-state index contributed by atoms with van der Waals surface area (Å²) in [7, 11) is 1.49. The van der Waals surface area contributed by atoms with E-state index < -0.39 is 11.5 Å². The zero-order valence-corrected chi connectivity index (χ0v) is 15.9. The quantitative estimate of drug-likeness (QED) is 0.485. The molecule has 26 heavy (non-hydrogen) atoms. The molecule has 0 spiro atoms. The maximum Gasteiger partial charge on any atom is 0.336 e. The van der Waals surface area contributed by atoms with Crippen molar-refractivity contribution in [2.45, 2.75) is 0 Å². The Labute approximate surface area is 162 Å². The van der Waals surface area contributed by atoms with Gasteiger partial charge in [0.25, 0.3) is 5.91 Å². The van der Waals surface area contributed by atoms with Crippen LogP contribution in [0, 0.1) is 0 Å². The number of hydrogen-bond acceptors (Lipinski definition) is 5. The first kappa shape index (κ1) is 18.1. The SMILES string of the molecule is COc1ccc(Br)cc1C(=O)NC(=S)Nc1ccc2oc(=O)ccc2c1. The Balaban J connectivity index is 1.74. The smallest absolute Gasteiger partial charge is 0.336 e. The Morgan fingerprint density at radius 1 is 1.15 bits per heavy atom. The predicted molar refractivity (Wildman–Crippen MR) is 107 cm³/mol. The van der Waals surface area contributed by atoms with Gasteiger partial charge in [-0.25, -0.2) is 4.79 Å². The normalized spacial score (nSPS) is 10.4. The van der Waals surface area contributed by atoms with E-state index in [9.17, 15) is 9.59 Å². The lowest BCUT2D eigenvalue weighted by Gasteiger charge is -2.12. The van der Waals surface area contributed by atoms with Gasteiger partial charge in [0, 0.05) is 21.6 Å². The zero-order valence-electron chi connectivity index (χ0n) is 13.5. The molecule has 0 aliphatic heterocycles. The van der Waals surface area contributed by atoms with E-state index in [1.165, 1.54) is 13.2 Å². The Hall–Kier alpha value is -2.71. The third kappa shape index (κ3) is 4.09. The molecular weight excluding hydrogens is 420 g/mol. The van der Waals surface area contributed by atoms with Crippen molar-refractivity contribution < 1.29 is 13.9 Å². The average molecular weight is 433 g/mol. The first-order valence-electron chi connectivity index (χ1n) is 7.46. The van der Waals surface area contributed by atoms with Crippen LogP contribution in [0.1, 0.15) is 10.4 Å². The van der Waals surface area contributed by atoms with Gasteiger partial charge in [-0.2, -0.15) is 0 Å². The molecule has 0 aliphatic carbocycles. The van der Waals surface area contributed by atoms with E-state index in [0.717, 1.165) is 9.86 Å². The molecule has 3 aromatic rings. The Kier molecular flexibility index (Phi) is 5.34. The summed E-state index contributed by atoms with van der Waals surface area (Å²) in [5, 5.41) is 6.41. The third-order valence-corrected chi connectivity index (χ3v) is 4.21. The van der Waals surface area contributed by atoms with Crippen molar-refractivity contribution in [1.82, 2.24) is 5.32 Å². The second-order valence-electron chi connectivity index (χ2n) is 5.26. The molecule has 2 N–H and O–H groups in total. The molecule has 8 heteroatoms. The van der Waals surface area contributed by atoms with Crippen LogP contribution in [0.3, 0.4) is 0 Å². The number of ether oxygens (including phenoxy) is 1. The maximum atomic E-state index is 12.4. The molecule has 0 saturated carbocycles. The summed E-state index contributed by atoms with van der Waals surface area (Å²) in [6.07, 6.45) is 0. The molecule has 0 atom stereocenters. The summed E-state index contributed by atoms with van der Waals surface area (Å²) < 4.78 is 11.0. The van der Waals surface area contributed by atoms with Crippen LogP contribution >= 0.6 is 28.1 Å². The molecule has 0 saturated heterocycles. The molecule has 0 bridgehead atoms. The summed E-state index contributed by atoms with van der Waals surface area (Å²) >= 11 is 8.53. The fourth-order valence-corrected chi connectivity index (χ4v) is 2.91. The fourth-order valence-electron chi connectivity index (χ4n) is 2.34. The maximum absolute atomic E-state index is 12.4. The highest BCUT2D eigenvalue weighted by molar-refractivity contribution is 9.10. The predicted octanol–water partition coefficient (Wildman–Crippen LogP) is 3.69. The van der Waals surface area contributed by atoms with Gasteiger partial charge in [-0.15, -0.1) is 0 Å². The molecule has 132 valence electrons. The van der Waals surface area contributed by atoms with Crippen LogP contribution in [0.2, 0.25) is 0 Å². The van der Waals surface area contributed by atoms with Crippen LogP contribution in [0.15, 0.2) is 62.2 Å². The zero-order chi connectivity index (χ0) is 18.7. The van der Waals surface area contributed by atoms with Crippen LogP contribution in [-0.4, -0.2) is 18.1 Å². The van der Waals surface area contributed by atoms with E-state index in [1.54, 1.807) is 42.5 Å². The van der Waals surface area contributed by atoms with Crippen molar-refractivity contribution in [2.24, 2.45) is 0 Å². The van der Waals surface area contributed by atoms with E-state index in [-0.39, 0.29) is 5.11 Å². The summed E-state index contributed by atoms with van der Waals surface area (Å²) in [6, 6.07) is 13.2. The molecule has 1 aromatic heterocycles. The monoisotopic (exact) mass is 432 g/mol. The molecule has 1 heterocycles. The number of carbonyl (C=O) groups is 1. The van der Waals surface area contributed by atoms with E-state index >= 15 is 0 Å². The van der Waals surface area contributed by atoms with Crippen molar-refractivity contribution in [1.29, 1.82) is 0 Å². The molecule has 0 unspecified atom stereocenters. The average Bonchev–Trinajstić information content (AvgIpc) is 2.61. The number of halogens is 1. The number of rotatable bonds is 3. The molecule has 2 aromatic carbocycles. The number of thiocarbonyl (C=S) groups is 1. The molecule has 0 aliphatic rings. The van der Waals surface area contributed by atoms with Crippen molar-refractivity contribution in [3.8, 4) is 5.75 Å². The largest absolute Gasteiger partial charge is 0.496 e. The second kappa shape index (κ2) is 7.67. The summed E-state index contributed by atoms with van der Waals surface area (Å²) in [5.41, 5.74) is 1.06. The first-order valence-corrected chi connectivity index (χ1v) is 8.66. The van der Waals surface area contributed by atoms with E-state index in [1.807, 2.05) is 0 Å². The van der Waals surface area contributed by atoms with Gasteiger partial charge in [0.1, 0.15) is 11.3 Å². The van der Waals surface area contributed by atoms with Crippen molar-refractivity contribution in [3.63, 3.8) is 0 Å². The van der Waals surface area contributed by atoms with Gasteiger partial charge < -0.3 is 14.5 Å². The highest BCUT2D eigenvalue weighted by atomic mass is 79.9. The van der Waals surface area contributed by atoms with E-state index in [0.29, 0.717) is 22.6 Å². The summed E-state index contributed by atoms with van der Waals surface area (Å²) in [5.74, 6) is 0.0432. The summed E-state index contributed by atoms with van der Waals surface area (Å²) in [6.45, 7) is 0. The lowest BCUT2D eigenvalue weighted by molar-refractivity contribution is 0.0974. The van der Waals surface area contributed by atoms with Crippen LogP contribution in [0.5, 0.6) is 5.75 Å². The van der Waals surface area contributed by atoms with Gasteiger partial charge in [-0.3, -0.25) is 10.1 Å². The molecule has 1 amide bonds. The number of nitrogens with one attached hydrogen (secondary N) is 2. The van der Waals surface area contributed by atoms with Gasteiger partial charge in [0.15, 0.2) is 5.11 Å². The van der Waals surface area contributed by atoms with Gasteiger partial charge >= 0.3 is 5.63 Å². The van der Waals surface area contributed by atoms with E-state index in [2.05, 4.69) is 26.6 Å². The van der Waals surface area contributed by atoms with E-state index in [4.69, 9.17) is 21.4 Å². The number of fused-ring (bicyclic) bond motifs is 1. The molecule has 3 rings (SSSR count). The Morgan fingerprint density at radius 3 is 2.73 bits per heavy atom. The highest BCUT2D eigenvalue weighted by Gasteiger charge is 2.14. The minimum Gasteiger partial charge on any atom is -0.496 e. The lowest BCUT2D eigenvalue weighted by Crippen LogP contribution is -2.34. The standard InChI is InChI=1S/C18H13BrN2O4S/c1-24-15-5-3-11(19)9-13(15)17(23)21-18(26)20-12-4-6-14-10(8-12)2-7-16(22)25-14/h2-9H,1H3,(H2,20,21,23,26). The van der Waals surface area contributed by atoms with Crippen molar-refractivity contribution in [3.05, 3.63) is 69.0 Å². The van der Waals surface area contributed by atoms with Crippen LogP contribution in [0.25, 0.3) is 11.0 Å². The minimum absolute atomic E-state index is 0.133. The molecular formula is C18H13BrN2O4S. The number of carbonyl (C=O) groups excluding carboxylic acids is 1. The van der Waals surface area contributed by atoms with Gasteiger partial charge in [-0.1, -0.05) is 15.9 Å². The Bertz CT molecular complexity index is 1060. The van der Waals surface area contributed by atoms with Crippen molar-refractivity contribution in [2.75, 3.05) is 12.4 Å². The van der Waals surface area contributed by atoms with Gasteiger partial charge in [0.2, 0.25) is 0 Å².